The minimum atomic E-state index is 0.304. The van der Waals surface area contributed by atoms with Crippen LogP contribution >= 0.6 is 0 Å². The molecule has 0 atom stereocenters. The summed E-state index contributed by atoms with van der Waals surface area (Å²) in [6.07, 6.45) is 3.78. The maximum absolute atomic E-state index is 5.64. The highest BCUT2D eigenvalue weighted by Crippen LogP contribution is 2.38. The van der Waals surface area contributed by atoms with Crippen molar-refractivity contribution < 1.29 is 18.6 Å². The number of ether oxygens (including phenoxy) is 3. The third kappa shape index (κ3) is 5.07. The number of hydrogen-bond donors (Lipinski definition) is 1. The minimum Gasteiger partial charge on any atom is -0.497 e. The quantitative estimate of drug-likeness (QED) is 0.259. The van der Waals surface area contributed by atoms with E-state index < -0.39 is 0 Å². The smallest absolute Gasteiger partial charge is 0.156 e. The summed E-state index contributed by atoms with van der Waals surface area (Å²) in [6, 6.07) is 20.4. The predicted molar refractivity (Wildman–Crippen MR) is 153 cm³/mol. The van der Waals surface area contributed by atoms with Gasteiger partial charge in [0.25, 0.3) is 0 Å². The number of hydrogen-bond acceptors (Lipinski definition) is 8. The van der Waals surface area contributed by atoms with Crippen molar-refractivity contribution in [3.63, 3.8) is 0 Å². The Kier molecular flexibility index (Phi) is 6.94. The Labute approximate surface area is 227 Å². The molecule has 0 aliphatic carbocycles. The number of rotatable bonds is 8. The summed E-state index contributed by atoms with van der Waals surface area (Å²) in [4.78, 5) is 2.50. The molecule has 3 aromatic carbocycles. The van der Waals surface area contributed by atoms with Gasteiger partial charge in [-0.05, 0) is 73.0 Å². The molecule has 0 bridgehead atoms. The molecule has 3 heterocycles. The zero-order valence-electron chi connectivity index (χ0n) is 22.4. The van der Waals surface area contributed by atoms with Crippen LogP contribution in [0.4, 0.5) is 5.82 Å². The molecule has 39 heavy (non-hydrogen) atoms. The van der Waals surface area contributed by atoms with Crippen molar-refractivity contribution in [3.05, 3.63) is 72.5 Å². The molecule has 1 aliphatic rings. The molecule has 0 spiro atoms. The molecule has 8 nitrogen and oxygen atoms in total. The SMILES string of the molecule is COc1ccc(OC)c(-c2nnc(NC3CCN(Cc4ccc5occc5c4)CC3)c3cc(OC)ccc23)c1. The number of benzene rings is 3. The van der Waals surface area contributed by atoms with E-state index in [1.54, 1.807) is 27.6 Å². The molecular weight excluding hydrogens is 492 g/mol. The number of fused-ring (bicyclic) bond motifs is 2. The lowest BCUT2D eigenvalue weighted by atomic mass is 10.0. The number of anilines is 1. The Hall–Kier alpha value is -4.30. The van der Waals surface area contributed by atoms with Crippen molar-refractivity contribution in [3.8, 4) is 28.5 Å². The van der Waals surface area contributed by atoms with E-state index in [0.717, 1.165) is 82.8 Å². The Bertz CT molecular complexity index is 1610. The first-order valence-electron chi connectivity index (χ1n) is 13.2. The Morgan fingerprint density at radius 3 is 2.44 bits per heavy atom. The second-order valence-electron chi connectivity index (χ2n) is 9.86. The van der Waals surface area contributed by atoms with Gasteiger partial charge in [0.05, 0.1) is 27.6 Å². The van der Waals surface area contributed by atoms with Crippen LogP contribution in [-0.4, -0.2) is 55.6 Å². The van der Waals surface area contributed by atoms with Crippen LogP contribution in [-0.2, 0) is 6.54 Å². The molecule has 0 unspecified atom stereocenters. The first-order chi connectivity index (χ1) is 19.1. The van der Waals surface area contributed by atoms with Gasteiger partial charge in [0.1, 0.15) is 28.5 Å². The highest BCUT2D eigenvalue weighted by molar-refractivity contribution is 6.01. The summed E-state index contributed by atoms with van der Waals surface area (Å²) >= 11 is 0. The molecule has 8 heteroatoms. The fourth-order valence-corrected chi connectivity index (χ4v) is 5.37. The lowest BCUT2D eigenvalue weighted by Crippen LogP contribution is -2.38. The van der Waals surface area contributed by atoms with E-state index in [0.29, 0.717) is 11.8 Å². The first kappa shape index (κ1) is 25.0. The van der Waals surface area contributed by atoms with Gasteiger partial charge in [-0.1, -0.05) is 6.07 Å². The third-order valence-electron chi connectivity index (χ3n) is 7.50. The van der Waals surface area contributed by atoms with E-state index in [2.05, 4.69) is 38.6 Å². The lowest BCUT2D eigenvalue weighted by Gasteiger charge is -2.32. The molecule has 0 radical (unpaired) electrons. The van der Waals surface area contributed by atoms with Crippen molar-refractivity contribution in [1.82, 2.24) is 15.1 Å². The van der Waals surface area contributed by atoms with Crippen LogP contribution in [0.2, 0.25) is 0 Å². The monoisotopic (exact) mass is 524 g/mol. The summed E-state index contributed by atoms with van der Waals surface area (Å²) in [5.41, 5.74) is 3.80. The van der Waals surface area contributed by atoms with Crippen molar-refractivity contribution in [2.45, 2.75) is 25.4 Å². The van der Waals surface area contributed by atoms with Gasteiger partial charge < -0.3 is 23.9 Å². The normalized spacial score (nSPS) is 14.5. The van der Waals surface area contributed by atoms with E-state index in [9.17, 15) is 0 Å². The van der Waals surface area contributed by atoms with Crippen molar-refractivity contribution in [1.29, 1.82) is 0 Å². The summed E-state index contributed by atoms with van der Waals surface area (Å²) in [5.74, 6) is 2.97. The molecule has 5 aromatic rings. The van der Waals surface area contributed by atoms with Gasteiger partial charge in [0, 0.05) is 47.4 Å². The molecule has 1 N–H and O–H groups in total. The zero-order valence-corrected chi connectivity index (χ0v) is 22.4. The first-order valence-corrected chi connectivity index (χ1v) is 13.2. The van der Waals surface area contributed by atoms with Gasteiger partial charge in [0.2, 0.25) is 0 Å². The lowest BCUT2D eigenvalue weighted by molar-refractivity contribution is 0.211. The summed E-state index contributed by atoms with van der Waals surface area (Å²) in [6.45, 7) is 2.95. The van der Waals surface area contributed by atoms with Crippen LogP contribution in [0.5, 0.6) is 17.2 Å². The van der Waals surface area contributed by atoms with Gasteiger partial charge in [-0.25, -0.2) is 0 Å². The van der Waals surface area contributed by atoms with Crippen LogP contribution in [0.15, 0.2) is 71.3 Å². The van der Waals surface area contributed by atoms with E-state index in [4.69, 9.17) is 18.6 Å². The second-order valence-corrected chi connectivity index (χ2v) is 9.86. The van der Waals surface area contributed by atoms with Gasteiger partial charge in [-0.3, -0.25) is 4.90 Å². The van der Waals surface area contributed by atoms with Gasteiger partial charge in [-0.2, -0.15) is 0 Å². The maximum atomic E-state index is 5.64. The molecule has 200 valence electrons. The van der Waals surface area contributed by atoms with Crippen molar-refractivity contribution in [2.24, 2.45) is 0 Å². The molecule has 0 saturated carbocycles. The molecule has 6 rings (SSSR count). The van der Waals surface area contributed by atoms with Gasteiger partial charge in [-0.15, -0.1) is 10.2 Å². The predicted octanol–water partition coefficient (Wildman–Crippen LogP) is 6.15. The molecule has 1 aliphatic heterocycles. The topological polar surface area (TPSA) is 81.9 Å². The number of piperidine rings is 1. The van der Waals surface area contributed by atoms with Crippen LogP contribution in [0, 0.1) is 0 Å². The maximum Gasteiger partial charge on any atom is 0.156 e. The van der Waals surface area contributed by atoms with E-state index in [1.165, 1.54) is 5.56 Å². The Morgan fingerprint density at radius 1 is 0.846 bits per heavy atom. The number of aromatic nitrogens is 2. The Balaban J connectivity index is 1.23. The fourth-order valence-electron chi connectivity index (χ4n) is 5.37. The van der Waals surface area contributed by atoms with Crippen LogP contribution in [0.1, 0.15) is 18.4 Å². The highest BCUT2D eigenvalue weighted by Gasteiger charge is 2.22. The van der Waals surface area contributed by atoms with E-state index in [-0.39, 0.29) is 0 Å². The van der Waals surface area contributed by atoms with Crippen molar-refractivity contribution >= 4 is 27.6 Å². The van der Waals surface area contributed by atoms with Gasteiger partial charge in [0.15, 0.2) is 5.82 Å². The summed E-state index contributed by atoms with van der Waals surface area (Å²) in [5, 5.41) is 16.1. The fraction of sp³-hybridized carbons (Fsp3) is 0.290. The zero-order chi connectivity index (χ0) is 26.8. The number of furan rings is 1. The minimum absolute atomic E-state index is 0.304. The van der Waals surface area contributed by atoms with Crippen LogP contribution < -0.4 is 19.5 Å². The van der Waals surface area contributed by atoms with Crippen LogP contribution in [0.3, 0.4) is 0 Å². The van der Waals surface area contributed by atoms with Crippen molar-refractivity contribution in [2.75, 3.05) is 39.7 Å². The number of nitrogens with one attached hydrogen (secondary N) is 1. The van der Waals surface area contributed by atoms with Crippen LogP contribution in [0.25, 0.3) is 33.0 Å². The number of likely N-dealkylation sites (tertiary alicyclic amines) is 1. The molecular formula is C31H32N4O4. The molecule has 1 saturated heterocycles. The highest BCUT2D eigenvalue weighted by atomic mass is 16.5. The molecule has 1 fully saturated rings. The molecule has 2 aromatic heterocycles. The average Bonchev–Trinajstić information content (AvgIpc) is 3.46. The second kappa shape index (κ2) is 10.8. The third-order valence-corrected chi connectivity index (χ3v) is 7.50. The molecule has 0 amide bonds. The van der Waals surface area contributed by atoms with Gasteiger partial charge >= 0.3 is 0 Å². The standard InChI is InChI=1S/C31H32N4O4/c1-36-23-5-7-25-26(17-23)31(34-33-30(25)27-18-24(37-2)6-9-29(27)38-3)32-22-10-13-35(14-11-22)19-20-4-8-28-21(16-20)12-15-39-28/h4-9,12,15-18,22H,10-11,13-14,19H2,1-3H3,(H,32,34). The summed E-state index contributed by atoms with van der Waals surface area (Å²) < 4.78 is 22.1. The largest absolute Gasteiger partial charge is 0.497 e. The number of methoxy groups -OCH3 is 3. The summed E-state index contributed by atoms with van der Waals surface area (Å²) in [7, 11) is 4.98. The van der Waals surface area contributed by atoms with E-state index in [1.807, 2.05) is 42.5 Å². The Morgan fingerprint density at radius 2 is 1.64 bits per heavy atom. The number of nitrogens with zero attached hydrogens (tertiary/aromatic N) is 3. The average molecular weight is 525 g/mol. The van der Waals surface area contributed by atoms with E-state index >= 15 is 0 Å².